The van der Waals surface area contributed by atoms with Gasteiger partial charge in [-0.2, -0.15) is 0 Å². The number of hydrogen-bond acceptors (Lipinski definition) is 3. The molecule has 1 aromatic rings. The highest BCUT2D eigenvalue weighted by Gasteiger charge is 2.16. The van der Waals surface area contributed by atoms with Crippen LogP contribution in [-0.4, -0.2) is 19.8 Å². The van der Waals surface area contributed by atoms with Crippen molar-refractivity contribution in [1.29, 1.82) is 0 Å². The minimum atomic E-state index is -1.64. The number of carbonyl (C=O) groups is 1. The second-order valence-electron chi connectivity index (χ2n) is 5.41. The van der Waals surface area contributed by atoms with E-state index in [1.807, 2.05) is 37.3 Å². The monoisotopic (exact) mass is 263 g/mol. The molecule has 1 aromatic carbocycles. The van der Waals surface area contributed by atoms with Crippen LogP contribution in [0.3, 0.4) is 0 Å². The van der Waals surface area contributed by atoms with Crippen molar-refractivity contribution in [3.05, 3.63) is 35.9 Å². The lowest BCUT2D eigenvalue weighted by atomic mass is 10.1. The van der Waals surface area contributed by atoms with Gasteiger partial charge in [-0.3, -0.25) is 4.79 Å². The summed E-state index contributed by atoms with van der Waals surface area (Å²) in [5.41, 5.74) is 1.79. The first kappa shape index (κ1) is 14.6. The Hall–Kier alpha value is -1.42. The average molecular weight is 263 g/mol. The van der Waals surface area contributed by atoms with Gasteiger partial charge in [0.2, 0.25) is 0 Å². The van der Waals surface area contributed by atoms with E-state index in [1.54, 1.807) is 0 Å². The third-order valence-corrected chi connectivity index (χ3v) is 2.81. The Morgan fingerprint density at radius 3 is 2.39 bits per heavy atom. The second kappa shape index (κ2) is 6.49. The summed E-state index contributed by atoms with van der Waals surface area (Å²) < 4.78 is 5.42. The predicted octanol–water partition coefficient (Wildman–Crippen LogP) is 3.42. The van der Waals surface area contributed by atoms with Gasteiger partial charge in [0.25, 0.3) is 8.32 Å². The van der Waals surface area contributed by atoms with Gasteiger partial charge in [-0.1, -0.05) is 30.3 Å². The van der Waals surface area contributed by atoms with Gasteiger partial charge in [0.1, 0.15) is 5.78 Å². The average Bonchev–Trinajstić information content (AvgIpc) is 2.26. The van der Waals surface area contributed by atoms with E-state index in [0.29, 0.717) is 12.8 Å². The highest BCUT2D eigenvalue weighted by Crippen LogP contribution is 2.06. The largest absolute Gasteiger partial charge is 0.456 e. The summed E-state index contributed by atoms with van der Waals surface area (Å²) in [5.74, 6) is 0.168. The smallest absolute Gasteiger partial charge is 0.278 e. The molecule has 0 aliphatic carbocycles. The van der Waals surface area contributed by atoms with Crippen LogP contribution in [0, 0.1) is 0 Å². The zero-order valence-electron chi connectivity index (χ0n) is 11.6. The molecule has 98 valence electrons. The molecular weight excluding hydrogens is 242 g/mol. The highest BCUT2D eigenvalue weighted by molar-refractivity contribution is 6.69. The van der Waals surface area contributed by atoms with Crippen molar-refractivity contribution in [2.45, 2.75) is 39.4 Å². The van der Waals surface area contributed by atoms with E-state index in [0.717, 1.165) is 11.3 Å². The lowest BCUT2D eigenvalue weighted by molar-refractivity contribution is -0.117. The molecule has 0 heterocycles. The lowest BCUT2D eigenvalue weighted by Crippen LogP contribution is -2.23. The minimum absolute atomic E-state index is 0.168. The summed E-state index contributed by atoms with van der Waals surface area (Å²) in [6.07, 6.45) is 0.819. The van der Waals surface area contributed by atoms with Crippen LogP contribution in [-0.2, 0) is 15.7 Å². The van der Waals surface area contributed by atoms with Gasteiger partial charge in [0.05, 0.1) is 5.71 Å². The molecule has 0 atom stereocenters. The van der Waals surface area contributed by atoms with Crippen molar-refractivity contribution in [3.8, 4) is 0 Å². The van der Waals surface area contributed by atoms with Crippen molar-refractivity contribution in [2.24, 2.45) is 5.16 Å². The standard InChI is InChI=1S/C14H21NO2Si/c1-12(15-17-18(2,3)4)10-14(16)11-13-8-6-5-7-9-13/h5-9H,10-11H2,1-4H3. The highest BCUT2D eigenvalue weighted by atomic mass is 28.4. The van der Waals surface area contributed by atoms with E-state index in [9.17, 15) is 4.79 Å². The molecule has 0 unspecified atom stereocenters. The van der Waals surface area contributed by atoms with Crippen molar-refractivity contribution in [1.82, 2.24) is 0 Å². The molecule has 0 bridgehead atoms. The zero-order valence-corrected chi connectivity index (χ0v) is 12.6. The van der Waals surface area contributed by atoms with E-state index < -0.39 is 8.32 Å². The van der Waals surface area contributed by atoms with Gasteiger partial charge < -0.3 is 4.53 Å². The predicted molar refractivity (Wildman–Crippen MR) is 77.3 cm³/mol. The number of Topliss-reactive ketones (excluding diaryl/α,β-unsaturated/α-hetero) is 1. The number of hydrogen-bond donors (Lipinski definition) is 0. The van der Waals surface area contributed by atoms with Crippen molar-refractivity contribution in [2.75, 3.05) is 0 Å². The molecule has 0 amide bonds. The molecule has 0 saturated heterocycles. The number of oxime groups is 1. The van der Waals surface area contributed by atoms with E-state index in [4.69, 9.17) is 4.53 Å². The molecule has 0 N–H and O–H groups in total. The molecule has 0 spiro atoms. The summed E-state index contributed by atoms with van der Waals surface area (Å²) >= 11 is 0. The van der Waals surface area contributed by atoms with Gasteiger partial charge in [-0.15, -0.1) is 5.16 Å². The molecule has 1 rings (SSSR count). The fourth-order valence-corrected chi connectivity index (χ4v) is 1.85. The number of rotatable bonds is 6. The number of nitrogens with zero attached hydrogens (tertiary/aromatic N) is 1. The van der Waals surface area contributed by atoms with Gasteiger partial charge in [0, 0.05) is 12.8 Å². The SMILES string of the molecule is CC(CC(=O)Cc1ccccc1)=NO[Si](C)(C)C. The summed E-state index contributed by atoms with van der Waals surface area (Å²) in [6, 6.07) is 9.75. The maximum absolute atomic E-state index is 11.8. The third kappa shape index (κ3) is 6.35. The molecule has 0 aliphatic rings. The number of ketones is 1. The summed E-state index contributed by atoms with van der Waals surface area (Å²) in [7, 11) is -1.64. The Kier molecular flexibility index (Phi) is 5.28. The molecular formula is C14H21NO2Si. The first-order valence-electron chi connectivity index (χ1n) is 6.14. The Morgan fingerprint density at radius 1 is 1.22 bits per heavy atom. The van der Waals surface area contributed by atoms with Crippen LogP contribution < -0.4 is 0 Å². The topological polar surface area (TPSA) is 38.7 Å². The number of benzene rings is 1. The van der Waals surface area contributed by atoms with E-state index >= 15 is 0 Å². The van der Waals surface area contributed by atoms with Crippen LogP contribution >= 0.6 is 0 Å². The molecule has 4 heteroatoms. The minimum Gasteiger partial charge on any atom is -0.456 e. The maximum Gasteiger partial charge on any atom is 0.278 e. The lowest BCUT2D eigenvalue weighted by Gasteiger charge is -2.13. The Balaban J connectivity index is 2.45. The van der Waals surface area contributed by atoms with Crippen molar-refractivity contribution in [3.63, 3.8) is 0 Å². The van der Waals surface area contributed by atoms with E-state index in [-0.39, 0.29) is 5.78 Å². The van der Waals surface area contributed by atoms with Gasteiger partial charge in [-0.05, 0) is 32.1 Å². The molecule has 3 nitrogen and oxygen atoms in total. The second-order valence-corrected chi connectivity index (χ2v) is 9.82. The first-order chi connectivity index (χ1) is 8.37. The summed E-state index contributed by atoms with van der Waals surface area (Å²) in [6.45, 7) is 8.03. The van der Waals surface area contributed by atoms with Crippen LogP contribution in [0.5, 0.6) is 0 Å². The zero-order chi connectivity index (χ0) is 13.6. The normalized spacial score (nSPS) is 12.3. The van der Waals surface area contributed by atoms with Crippen LogP contribution in [0.4, 0.5) is 0 Å². The van der Waals surface area contributed by atoms with Crippen molar-refractivity contribution < 1.29 is 9.32 Å². The molecule has 0 aromatic heterocycles. The van der Waals surface area contributed by atoms with E-state index in [2.05, 4.69) is 24.8 Å². The van der Waals surface area contributed by atoms with Crippen molar-refractivity contribution >= 4 is 19.8 Å². The van der Waals surface area contributed by atoms with Crippen LogP contribution in [0.2, 0.25) is 19.6 Å². The molecule has 18 heavy (non-hydrogen) atoms. The third-order valence-electron chi connectivity index (χ3n) is 2.17. The molecule has 0 aliphatic heterocycles. The van der Waals surface area contributed by atoms with Crippen LogP contribution in [0.15, 0.2) is 35.5 Å². The fourth-order valence-electron chi connectivity index (χ4n) is 1.42. The molecule has 0 radical (unpaired) electrons. The molecule has 0 saturated carbocycles. The van der Waals surface area contributed by atoms with Gasteiger partial charge >= 0.3 is 0 Å². The van der Waals surface area contributed by atoms with E-state index in [1.165, 1.54) is 0 Å². The quantitative estimate of drug-likeness (QED) is 0.448. The Labute approximate surface area is 110 Å². The Morgan fingerprint density at radius 2 is 1.83 bits per heavy atom. The number of carbonyl (C=O) groups excluding carboxylic acids is 1. The van der Waals surface area contributed by atoms with Crippen LogP contribution in [0.25, 0.3) is 0 Å². The first-order valence-corrected chi connectivity index (χ1v) is 9.55. The maximum atomic E-state index is 11.8. The van der Waals surface area contributed by atoms with Gasteiger partial charge in [0.15, 0.2) is 0 Å². The Bertz CT molecular complexity index is 421. The summed E-state index contributed by atoms with van der Waals surface area (Å²) in [4.78, 5) is 11.8. The van der Waals surface area contributed by atoms with Crippen LogP contribution in [0.1, 0.15) is 18.9 Å². The van der Waals surface area contributed by atoms with Gasteiger partial charge in [-0.25, -0.2) is 0 Å². The molecule has 0 fully saturated rings. The fraction of sp³-hybridized carbons (Fsp3) is 0.429. The summed E-state index contributed by atoms with van der Waals surface area (Å²) in [5, 5.41) is 4.03.